The summed E-state index contributed by atoms with van der Waals surface area (Å²) in [4.78, 5) is 19.5. The van der Waals surface area contributed by atoms with Gasteiger partial charge in [0.1, 0.15) is 5.84 Å². The fraction of sp³-hybridized carbons (Fsp3) is 0.355. The molecule has 0 radical (unpaired) electrons. The number of pyridine rings is 1. The van der Waals surface area contributed by atoms with Crippen molar-refractivity contribution in [3.8, 4) is 6.07 Å². The van der Waals surface area contributed by atoms with Gasteiger partial charge in [-0.15, -0.1) is 0 Å². The maximum atomic E-state index is 12.9. The van der Waals surface area contributed by atoms with Crippen LogP contribution in [0.4, 0.5) is 5.69 Å². The number of hydrogen-bond acceptors (Lipinski definition) is 4. The molecular weight excluding hydrogens is 458 g/mol. The Hall–Kier alpha value is -3.98. The lowest BCUT2D eigenvalue weighted by atomic mass is 9.91. The first-order chi connectivity index (χ1) is 17.8. The molecule has 190 valence electrons. The van der Waals surface area contributed by atoms with E-state index in [9.17, 15) is 4.79 Å². The van der Waals surface area contributed by atoms with Gasteiger partial charge in [0.25, 0.3) is 5.91 Å². The van der Waals surface area contributed by atoms with E-state index < -0.39 is 0 Å². The number of amidine groups is 1. The summed E-state index contributed by atoms with van der Waals surface area (Å²) in [7, 11) is 0. The SMILES string of the molecule is Cc1ccc(C(=N)N2CCCC(c3ccc(C#N)cc3)CC2)cc1NC(=O)c1ccc(CC(C)C)nc1. The number of nitrogens with one attached hydrogen (secondary N) is 2. The number of rotatable bonds is 6. The van der Waals surface area contributed by atoms with Crippen LogP contribution in [0.25, 0.3) is 0 Å². The van der Waals surface area contributed by atoms with Gasteiger partial charge in [-0.25, -0.2) is 0 Å². The molecule has 1 fully saturated rings. The molecule has 1 amide bonds. The van der Waals surface area contributed by atoms with Crippen molar-refractivity contribution >= 4 is 17.4 Å². The third kappa shape index (κ3) is 6.62. The van der Waals surface area contributed by atoms with Crippen molar-refractivity contribution < 1.29 is 4.79 Å². The summed E-state index contributed by atoms with van der Waals surface area (Å²) in [5, 5.41) is 21.0. The van der Waals surface area contributed by atoms with Gasteiger partial charge in [0.2, 0.25) is 0 Å². The number of carbonyl (C=O) groups excluding carboxylic acids is 1. The van der Waals surface area contributed by atoms with Crippen LogP contribution >= 0.6 is 0 Å². The summed E-state index contributed by atoms with van der Waals surface area (Å²) in [6, 6.07) is 19.6. The van der Waals surface area contributed by atoms with Gasteiger partial charge in [-0.2, -0.15) is 5.26 Å². The number of benzene rings is 2. The van der Waals surface area contributed by atoms with Crippen LogP contribution in [0.1, 0.15) is 77.3 Å². The molecule has 0 spiro atoms. The lowest BCUT2D eigenvalue weighted by Gasteiger charge is -2.24. The minimum atomic E-state index is -0.199. The molecule has 2 aromatic carbocycles. The predicted molar refractivity (Wildman–Crippen MR) is 148 cm³/mol. The number of carbonyl (C=O) groups is 1. The van der Waals surface area contributed by atoms with Crippen LogP contribution in [-0.2, 0) is 6.42 Å². The molecule has 3 aromatic rings. The third-order valence-corrected chi connectivity index (χ3v) is 7.02. The Bertz CT molecular complexity index is 1290. The Labute approximate surface area is 219 Å². The molecule has 1 aliphatic rings. The molecule has 1 saturated heterocycles. The molecule has 2 N–H and O–H groups in total. The average molecular weight is 494 g/mol. The van der Waals surface area contributed by atoms with E-state index in [4.69, 9.17) is 10.7 Å². The maximum Gasteiger partial charge on any atom is 0.257 e. The molecule has 37 heavy (non-hydrogen) atoms. The molecule has 1 aromatic heterocycles. The second kappa shape index (κ2) is 11.8. The number of nitrogens with zero attached hydrogens (tertiary/aromatic N) is 3. The van der Waals surface area contributed by atoms with Crippen LogP contribution in [0, 0.1) is 29.6 Å². The highest BCUT2D eigenvalue weighted by atomic mass is 16.1. The van der Waals surface area contributed by atoms with Gasteiger partial charge in [-0.05, 0) is 85.9 Å². The number of hydrogen-bond donors (Lipinski definition) is 2. The van der Waals surface area contributed by atoms with Crippen molar-refractivity contribution in [2.45, 2.75) is 52.4 Å². The average Bonchev–Trinajstić information content (AvgIpc) is 3.16. The smallest absolute Gasteiger partial charge is 0.257 e. The number of amides is 1. The highest BCUT2D eigenvalue weighted by Gasteiger charge is 2.21. The minimum Gasteiger partial charge on any atom is -0.357 e. The molecule has 2 heterocycles. The quantitative estimate of drug-likeness (QED) is 0.311. The fourth-order valence-electron chi connectivity index (χ4n) is 4.86. The number of anilines is 1. The van der Waals surface area contributed by atoms with E-state index >= 15 is 0 Å². The van der Waals surface area contributed by atoms with Gasteiger partial charge in [-0.1, -0.05) is 38.1 Å². The summed E-state index contributed by atoms with van der Waals surface area (Å²) in [6.45, 7) is 7.88. The summed E-state index contributed by atoms with van der Waals surface area (Å²) < 4.78 is 0. The number of likely N-dealkylation sites (tertiary alicyclic amines) is 1. The fourth-order valence-corrected chi connectivity index (χ4v) is 4.86. The monoisotopic (exact) mass is 493 g/mol. The van der Waals surface area contributed by atoms with Crippen LogP contribution in [0.5, 0.6) is 0 Å². The van der Waals surface area contributed by atoms with Gasteiger partial charge in [0, 0.05) is 36.2 Å². The molecule has 0 aliphatic carbocycles. The van der Waals surface area contributed by atoms with E-state index in [1.807, 2.05) is 49.4 Å². The molecule has 6 nitrogen and oxygen atoms in total. The van der Waals surface area contributed by atoms with Gasteiger partial charge in [0.15, 0.2) is 0 Å². The second-order valence-corrected chi connectivity index (χ2v) is 10.3. The van der Waals surface area contributed by atoms with E-state index in [0.717, 1.165) is 55.6 Å². The third-order valence-electron chi connectivity index (χ3n) is 7.02. The largest absolute Gasteiger partial charge is 0.357 e. The normalized spacial score (nSPS) is 15.6. The zero-order valence-electron chi connectivity index (χ0n) is 21.9. The lowest BCUT2D eigenvalue weighted by Crippen LogP contribution is -2.32. The number of aryl methyl sites for hydroxylation is 1. The highest BCUT2D eigenvalue weighted by molar-refractivity contribution is 6.05. The van der Waals surface area contributed by atoms with Crippen LogP contribution in [0.2, 0.25) is 0 Å². The van der Waals surface area contributed by atoms with Crippen molar-refractivity contribution in [1.29, 1.82) is 10.7 Å². The van der Waals surface area contributed by atoms with Crippen LogP contribution in [0.15, 0.2) is 60.8 Å². The van der Waals surface area contributed by atoms with Gasteiger partial charge in [0.05, 0.1) is 17.2 Å². The molecule has 1 aliphatic heterocycles. The van der Waals surface area contributed by atoms with Gasteiger partial charge >= 0.3 is 0 Å². The molecule has 0 saturated carbocycles. The first-order valence-corrected chi connectivity index (χ1v) is 13.0. The van der Waals surface area contributed by atoms with E-state index in [2.05, 4.69) is 47.3 Å². The summed E-state index contributed by atoms with van der Waals surface area (Å²) >= 11 is 0. The molecular formula is C31H35N5O. The van der Waals surface area contributed by atoms with E-state index in [1.165, 1.54) is 5.56 Å². The Balaban J connectivity index is 1.42. The minimum absolute atomic E-state index is 0.199. The topological polar surface area (TPSA) is 92.9 Å². The standard InChI is InChI=1S/C31H35N5O/c1-21(2)17-28-13-12-27(20-34-28)31(37)35-29-18-26(9-6-22(29)3)30(33)36-15-4-5-24(14-16-36)25-10-7-23(19-32)8-11-25/h6-13,18,20-21,24,33H,4-5,14-17H2,1-3H3,(H,35,37). The summed E-state index contributed by atoms with van der Waals surface area (Å²) in [5.41, 5.74) is 5.91. The Morgan fingerprint density at radius 1 is 1.11 bits per heavy atom. The number of nitriles is 1. The Morgan fingerprint density at radius 2 is 1.86 bits per heavy atom. The highest BCUT2D eigenvalue weighted by Crippen LogP contribution is 2.29. The Kier molecular flexibility index (Phi) is 8.35. The maximum absolute atomic E-state index is 12.9. The number of aromatic nitrogens is 1. The van der Waals surface area contributed by atoms with Crippen LogP contribution in [-0.4, -0.2) is 34.7 Å². The lowest BCUT2D eigenvalue weighted by molar-refractivity contribution is 0.102. The van der Waals surface area contributed by atoms with Crippen molar-refractivity contribution in [3.05, 3.63) is 94.3 Å². The van der Waals surface area contributed by atoms with E-state index in [-0.39, 0.29) is 5.91 Å². The van der Waals surface area contributed by atoms with Crippen molar-refractivity contribution in [2.24, 2.45) is 5.92 Å². The van der Waals surface area contributed by atoms with Crippen molar-refractivity contribution in [3.63, 3.8) is 0 Å². The molecule has 1 atom stereocenters. The van der Waals surface area contributed by atoms with Crippen LogP contribution in [0.3, 0.4) is 0 Å². The summed E-state index contributed by atoms with van der Waals surface area (Å²) in [6.07, 6.45) is 5.55. The van der Waals surface area contributed by atoms with Crippen molar-refractivity contribution in [2.75, 3.05) is 18.4 Å². The zero-order chi connectivity index (χ0) is 26.4. The van der Waals surface area contributed by atoms with Crippen LogP contribution < -0.4 is 5.32 Å². The van der Waals surface area contributed by atoms with Gasteiger partial charge < -0.3 is 10.2 Å². The molecule has 6 heteroatoms. The molecule has 1 unspecified atom stereocenters. The van der Waals surface area contributed by atoms with Gasteiger partial charge in [-0.3, -0.25) is 15.2 Å². The molecule has 4 rings (SSSR count). The summed E-state index contributed by atoms with van der Waals surface area (Å²) in [5.74, 6) is 1.23. The second-order valence-electron chi connectivity index (χ2n) is 10.3. The Morgan fingerprint density at radius 3 is 2.54 bits per heavy atom. The zero-order valence-corrected chi connectivity index (χ0v) is 21.9. The first kappa shape index (κ1) is 26.1. The van der Waals surface area contributed by atoms with E-state index in [0.29, 0.717) is 34.5 Å². The predicted octanol–water partition coefficient (Wildman–Crippen LogP) is 6.31. The first-order valence-electron chi connectivity index (χ1n) is 13.0. The molecule has 0 bridgehead atoms. The van der Waals surface area contributed by atoms with Crippen molar-refractivity contribution in [1.82, 2.24) is 9.88 Å². The van der Waals surface area contributed by atoms with E-state index in [1.54, 1.807) is 6.20 Å².